The van der Waals surface area contributed by atoms with Crippen LogP contribution in [0.3, 0.4) is 0 Å². The van der Waals surface area contributed by atoms with Gasteiger partial charge in [-0.2, -0.15) is 0 Å². The average Bonchev–Trinajstić information content (AvgIpc) is 1.36. The second-order valence-electron chi connectivity index (χ2n) is 2.37. The Kier molecular flexibility index (Phi) is 5.14. The van der Waals surface area contributed by atoms with Crippen LogP contribution in [0.15, 0.2) is 0 Å². The molecule has 1 heteroatoms. The predicted molar refractivity (Wildman–Crippen MR) is 33.8 cm³/mol. The first-order chi connectivity index (χ1) is 3.00. The Morgan fingerprint density at radius 3 is 1.14 bits per heavy atom. The van der Waals surface area contributed by atoms with Gasteiger partial charge in [0.2, 0.25) is 0 Å². The van der Waals surface area contributed by atoms with Crippen LogP contribution in [-0.2, 0) is 0 Å². The van der Waals surface area contributed by atoms with Gasteiger partial charge in [0.1, 0.15) is 0 Å². The molecular weight excluding hydrogens is 86.1 g/mol. The molecule has 0 aromatic carbocycles. The molecule has 0 aromatic rings. The van der Waals surface area contributed by atoms with E-state index >= 15 is 0 Å². The van der Waals surface area contributed by atoms with E-state index in [4.69, 9.17) is 5.73 Å². The minimum atomic E-state index is 0. The monoisotopic (exact) mass is 99.1 g/mol. The van der Waals surface area contributed by atoms with Crippen LogP contribution in [0.5, 0.6) is 0 Å². The van der Waals surface area contributed by atoms with E-state index in [2.05, 4.69) is 12.8 Å². The first kappa shape index (κ1) is 9.72. The van der Waals surface area contributed by atoms with E-state index in [1.165, 1.54) is 0 Å². The third kappa shape index (κ3) is 297. The van der Waals surface area contributed by atoms with Crippen LogP contribution in [0.1, 0.15) is 20.8 Å². The minimum Gasteiger partial charge on any atom is -0.326 e. The molecule has 0 aliphatic carbocycles. The van der Waals surface area contributed by atoms with Gasteiger partial charge in [-0.05, 0) is 20.8 Å². The molecule has 0 rings (SSSR count). The molecule has 0 bridgehead atoms. The van der Waals surface area contributed by atoms with Crippen LogP contribution in [0.25, 0.3) is 0 Å². The second kappa shape index (κ2) is 3.70. The summed E-state index contributed by atoms with van der Waals surface area (Å²) in [6.45, 7) is 5.90. The van der Waals surface area contributed by atoms with E-state index in [0.717, 1.165) is 0 Å². The Bertz CT molecular complexity index is 40.9. The van der Waals surface area contributed by atoms with Crippen LogP contribution < -0.4 is 5.73 Å². The van der Waals surface area contributed by atoms with E-state index < -0.39 is 0 Å². The van der Waals surface area contributed by atoms with Crippen molar-refractivity contribution in [3.05, 3.63) is 0 Å². The van der Waals surface area contributed by atoms with Gasteiger partial charge in [-0.15, -0.1) is 12.8 Å². The summed E-state index contributed by atoms with van der Waals surface area (Å²) >= 11 is 0. The van der Waals surface area contributed by atoms with Crippen LogP contribution in [0.2, 0.25) is 0 Å². The predicted octanol–water partition coefficient (Wildman–Crippen LogP) is 0.993. The molecule has 2 N–H and O–H groups in total. The van der Waals surface area contributed by atoms with Crippen LogP contribution in [-0.4, -0.2) is 5.54 Å². The molecule has 0 saturated carbocycles. The van der Waals surface area contributed by atoms with E-state index in [9.17, 15) is 0 Å². The molecular formula is C6H13N. The quantitative estimate of drug-likeness (QED) is 0.450. The average molecular weight is 99.2 g/mol. The Morgan fingerprint density at radius 1 is 1.14 bits per heavy atom. The summed E-state index contributed by atoms with van der Waals surface area (Å²) in [6, 6.07) is 0. The highest BCUT2D eigenvalue weighted by Gasteiger charge is 1.95. The highest BCUT2D eigenvalue weighted by Crippen LogP contribution is 1.88. The summed E-state index contributed by atoms with van der Waals surface area (Å²) in [5.41, 5.74) is 5.35. The van der Waals surface area contributed by atoms with Crippen molar-refractivity contribution in [1.29, 1.82) is 0 Å². The van der Waals surface area contributed by atoms with Gasteiger partial charge >= 0.3 is 0 Å². The van der Waals surface area contributed by atoms with Crippen molar-refractivity contribution in [2.24, 2.45) is 5.73 Å². The maximum absolute atomic E-state index is 5.35. The zero-order chi connectivity index (χ0) is 6.50. The normalized spacial score (nSPS) is 8.86. The second-order valence-corrected chi connectivity index (χ2v) is 2.37. The Labute approximate surface area is 45.9 Å². The first-order valence-corrected chi connectivity index (χ1v) is 2.12. The SMILES string of the molecule is C#C.CC(C)(C)N. The molecule has 0 fully saturated rings. The van der Waals surface area contributed by atoms with Crippen molar-refractivity contribution in [1.82, 2.24) is 0 Å². The smallest absolute Gasteiger partial charge is 0.00686 e. The summed E-state index contributed by atoms with van der Waals surface area (Å²) < 4.78 is 0. The van der Waals surface area contributed by atoms with Gasteiger partial charge < -0.3 is 5.73 Å². The van der Waals surface area contributed by atoms with Crippen molar-refractivity contribution >= 4 is 0 Å². The summed E-state index contributed by atoms with van der Waals surface area (Å²) in [5, 5.41) is 0. The molecule has 0 radical (unpaired) electrons. The third-order valence-electron chi connectivity index (χ3n) is 0. The standard InChI is InChI=1S/C4H11N.C2H2/c1-4(2,3)5;1-2/h5H2,1-3H3;1-2H. The van der Waals surface area contributed by atoms with Crippen LogP contribution in [0.4, 0.5) is 0 Å². The zero-order valence-electron chi connectivity index (χ0n) is 5.23. The highest BCUT2D eigenvalue weighted by atomic mass is 14.7. The van der Waals surface area contributed by atoms with Crippen molar-refractivity contribution in [3.8, 4) is 12.8 Å². The molecule has 1 nitrogen and oxygen atoms in total. The summed E-state index contributed by atoms with van der Waals surface area (Å²) in [6.07, 6.45) is 8.00. The first-order valence-electron chi connectivity index (χ1n) is 2.12. The Balaban J connectivity index is 0. The summed E-state index contributed by atoms with van der Waals surface area (Å²) in [5.74, 6) is 0. The fraction of sp³-hybridized carbons (Fsp3) is 0.667. The molecule has 0 heterocycles. The maximum Gasteiger partial charge on any atom is 0.00686 e. The van der Waals surface area contributed by atoms with E-state index in [0.29, 0.717) is 0 Å². The van der Waals surface area contributed by atoms with Gasteiger partial charge in [-0.3, -0.25) is 0 Å². The van der Waals surface area contributed by atoms with Crippen molar-refractivity contribution < 1.29 is 0 Å². The third-order valence-corrected chi connectivity index (χ3v) is 0. The van der Waals surface area contributed by atoms with Crippen molar-refractivity contribution in [2.45, 2.75) is 26.3 Å². The molecule has 7 heavy (non-hydrogen) atoms. The van der Waals surface area contributed by atoms with E-state index in [1.54, 1.807) is 0 Å². The molecule has 0 aromatic heterocycles. The van der Waals surface area contributed by atoms with Crippen molar-refractivity contribution in [2.75, 3.05) is 0 Å². The van der Waals surface area contributed by atoms with Crippen molar-refractivity contribution in [3.63, 3.8) is 0 Å². The zero-order valence-corrected chi connectivity index (χ0v) is 5.23. The molecule has 0 aliphatic rings. The lowest BCUT2D eigenvalue weighted by Gasteiger charge is -2.06. The summed E-state index contributed by atoms with van der Waals surface area (Å²) in [4.78, 5) is 0. The molecule has 0 atom stereocenters. The molecule has 0 unspecified atom stereocenters. The molecule has 42 valence electrons. The number of nitrogens with two attached hydrogens (primary N) is 1. The van der Waals surface area contributed by atoms with Crippen LogP contribution >= 0.6 is 0 Å². The topological polar surface area (TPSA) is 26.0 Å². The van der Waals surface area contributed by atoms with Gasteiger partial charge in [0.05, 0.1) is 0 Å². The van der Waals surface area contributed by atoms with Crippen LogP contribution in [0, 0.1) is 12.8 Å². The number of hydrogen-bond donors (Lipinski definition) is 1. The van der Waals surface area contributed by atoms with Gasteiger partial charge in [0.25, 0.3) is 0 Å². The largest absolute Gasteiger partial charge is 0.326 e. The Hall–Kier alpha value is -0.480. The summed E-state index contributed by atoms with van der Waals surface area (Å²) in [7, 11) is 0. The van der Waals surface area contributed by atoms with Gasteiger partial charge in [-0.25, -0.2) is 0 Å². The molecule has 0 saturated heterocycles. The number of rotatable bonds is 0. The molecule has 0 aliphatic heterocycles. The lowest BCUT2D eigenvalue weighted by molar-refractivity contribution is 0.580. The fourth-order valence-corrected chi connectivity index (χ4v) is 0. The Morgan fingerprint density at radius 2 is 1.14 bits per heavy atom. The number of terminal acetylenes is 1. The maximum atomic E-state index is 5.35. The lowest BCUT2D eigenvalue weighted by Crippen LogP contribution is -2.26. The minimum absolute atomic E-state index is 0. The fourth-order valence-electron chi connectivity index (χ4n) is 0. The molecule has 0 spiro atoms. The van der Waals surface area contributed by atoms with E-state index in [1.807, 2.05) is 20.8 Å². The van der Waals surface area contributed by atoms with Gasteiger partial charge in [0.15, 0.2) is 0 Å². The lowest BCUT2D eigenvalue weighted by atomic mass is 10.1. The molecule has 0 amide bonds. The highest BCUT2D eigenvalue weighted by molar-refractivity contribution is 4.60. The number of hydrogen-bond acceptors (Lipinski definition) is 1. The van der Waals surface area contributed by atoms with Gasteiger partial charge in [0, 0.05) is 5.54 Å². The van der Waals surface area contributed by atoms with E-state index in [-0.39, 0.29) is 5.54 Å². The van der Waals surface area contributed by atoms with Gasteiger partial charge in [-0.1, -0.05) is 0 Å².